The zero-order chi connectivity index (χ0) is 13.8. The third kappa shape index (κ3) is 5.02. The van der Waals surface area contributed by atoms with Crippen molar-refractivity contribution in [3.63, 3.8) is 0 Å². The summed E-state index contributed by atoms with van der Waals surface area (Å²) < 4.78 is 2.44. The Morgan fingerprint density at radius 1 is 1.44 bits per heavy atom. The molecule has 0 radical (unpaired) electrons. The van der Waals surface area contributed by atoms with Gasteiger partial charge >= 0.3 is 0 Å². The lowest BCUT2D eigenvalue weighted by molar-refractivity contribution is 0.555. The van der Waals surface area contributed by atoms with E-state index in [1.165, 1.54) is 5.69 Å². The van der Waals surface area contributed by atoms with E-state index in [9.17, 15) is 0 Å². The Bertz CT molecular complexity index is 366. The van der Waals surface area contributed by atoms with Gasteiger partial charge in [-0.05, 0) is 27.0 Å². The number of nitrogens with zero attached hydrogens (tertiary/aromatic N) is 2. The Kier molecular flexibility index (Phi) is 5.73. The highest BCUT2D eigenvalue weighted by molar-refractivity contribution is 8.00. The summed E-state index contributed by atoms with van der Waals surface area (Å²) in [6.07, 6.45) is 1.05. The lowest BCUT2D eigenvalue weighted by Gasteiger charge is -2.22. The molecule has 0 aliphatic carbocycles. The molecule has 0 bridgehead atoms. The molecule has 0 amide bonds. The molecule has 0 aromatic carbocycles. The fourth-order valence-electron chi connectivity index (χ4n) is 1.88. The molecule has 0 saturated heterocycles. The van der Waals surface area contributed by atoms with Crippen LogP contribution in [0.3, 0.4) is 0 Å². The van der Waals surface area contributed by atoms with Crippen LogP contribution in [0.5, 0.6) is 0 Å². The lowest BCUT2D eigenvalue weighted by atomic mass is 10.2. The number of aromatic nitrogens is 2. The highest BCUT2D eigenvalue weighted by Gasteiger charge is 2.16. The summed E-state index contributed by atoms with van der Waals surface area (Å²) in [6.45, 7) is 12.0. The molecule has 18 heavy (non-hydrogen) atoms. The van der Waals surface area contributed by atoms with Crippen molar-refractivity contribution in [2.75, 3.05) is 12.8 Å². The van der Waals surface area contributed by atoms with E-state index < -0.39 is 0 Å². The Morgan fingerprint density at radius 2 is 2.11 bits per heavy atom. The van der Waals surface area contributed by atoms with E-state index >= 15 is 0 Å². The van der Waals surface area contributed by atoms with Crippen LogP contribution in [0, 0.1) is 6.92 Å². The molecular weight excluding hydrogens is 242 g/mol. The molecule has 1 atom stereocenters. The average molecular weight is 269 g/mol. The van der Waals surface area contributed by atoms with E-state index in [-0.39, 0.29) is 0 Å². The summed E-state index contributed by atoms with van der Waals surface area (Å²) in [7, 11) is 2.05. The molecule has 0 aliphatic heterocycles. The summed E-state index contributed by atoms with van der Waals surface area (Å²) in [4.78, 5) is 0. The molecule has 1 aromatic rings. The van der Waals surface area contributed by atoms with Gasteiger partial charge in [-0.1, -0.05) is 20.8 Å². The van der Waals surface area contributed by atoms with E-state index in [2.05, 4.69) is 55.8 Å². The van der Waals surface area contributed by atoms with Crippen LogP contribution in [0.2, 0.25) is 0 Å². The van der Waals surface area contributed by atoms with E-state index in [1.807, 2.05) is 18.8 Å². The van der Waals surface area contributed by atoms with Gasteiger partial charge in [0.2, 0.25) is 0 Å². The van der Waals surface area contributed by atoms with Gasteiger partial charge in [0.1, 0.15) is 0 Å². The summed E-state index contributed by atoms with van der Waals surface area (Å²) >= 11 is 2.01. The number of likely N-dealkylation sites (N-methyl/N-ethyl adjacent to an activating group) is 1. The molecule has 1 aromatic heterocycles. The lowest BCUT2D eigenvalue weighted by Crippen LogP contribution is -2.32. The monoisotopic (exact) mass is 269 g/mol. The van der Waals surface area contributed by atoms with Crippen molar-refractivity contribution < 1.29 is 0 Å². The van der Waals surface area contributed by atoms with Gasteiger partial charge < -0.3 is 5.32 Å². The molecule has 3 nitrogen and oxygen atoms in total. The summed E-state index contributed by atoms with van der Waals surface area (Å²) in [5.41, 5.74) is 2.45. The van der Waals surface area contributed by atoms with Gasteiger partial charge in [-0.25, -0.2) is 0 Å². The highest BCUT2D eigenvalue weighted by atomic mass is 32.2. The standard InChI is InChI=1S/C14H27N3S/c1-7-17-13(8-11(2)16-17)9-12(15-6)10-18-14(3,4)5/h8,12,15H,7,9-10H2,1-6H3. The highest BCUT2D eigenvalue weighted by Crippen LogP contribution is 2.24. The number of thioether (sulfide) groups is 1. The predicted molar refractivity (Wildman–Crippen MR) is 81.4 cm³/mol. The Balaban J connectivity index is 2.62. The molecular formula is C14H27N3S. The summed E-state index contributed by atoms with van der Waals surface area (Å²) in [6, 6.07) is 2.71. The molecule has 4 heteroatoms. The van der Waals surface area contributed by atoms with Crippen molar-refractivity contribution in [3.05, 3.63) is 17.5 Å². The summed E-state index contributed by atoms with van der Waals surface area (Å²) in [5, 5.41) is 7.93. The van der Waals surface area contributed by atoms with Gasteiger partial charge in [0.15, 0.2) is 0 Å². The minimum absolute atomic E-state index is 0.329. The Labute approximate surface area is 116 Å². The first-order chi connectivity index (χ1) is 8.35. The molecule has 0 aliphatic rings. The van der Waals surface area contributed by atoms with E-state index in [0.717, 1.165) is 24.4 Å². The fourth-order valence-corrected chi connectivity index (χ4v) is 2.87. The van der Waals surface area contributed by atoms with Gasteiger partial charge in [-0.3, -0.25) is 4.68 Å². The maximum absolute atomic E-state index is 4.51. The predicted octanol–water partition coefficient (Wildman–Crippen LogP) is 2.87. The first-order valence-electron chi connectivity index (χ1n) is 6.70. The molecule has 1 rings (SSSR count). The largest absolute Gasteiger partial charge is 0.316 e. The quantitative estimate of drug-likeness (QED) is 0.861. The average Bonchev–Trinajstić information content (AvgIpc) is 2.63. The SMILES string of the molecule is CCn1nc(C)cc1CC(CSC(C)(C)C)NC. The number of rotatable bonds is 6. The number of hydrogen-bond donors (Lipinski definition) is 1. The second-order valence-corrected chi connectivity index (χ2v) is 7.55. The van der Waals surface area contributed by atoms with Gasteiger partial charge in [0.05, 0.1) is 5.69 Å². The van der Waals surface area contributed by atoms with Gasteiger partial charge in [0.25, 0.3) is 0 Å². The van der Waals surface area contributed by atoms with Gasteiger partial charge in [-0.2, -0.15) is 16.9 Å². The second-order valence-electron chi connectivity index (χ2n) is 5.71. The molecule has 104 valence electrons. The van der Waals surface area contributed by atoms with Crippen molar-refractivity contribution in [2.45, 2.75) is 58.4 Å². The van der Waals surface area contributed by atoms with Crippen LogP contribution < -0.4 is 5.32 Å². The second kappa shape index (κ2) is 6.62. The molecule has 0 saturated carbocycles. The molecule has 0 spiro atoms. The van der Waals surface area contributed by atoms with Crippen LogP contribution in [0.15, 0.2) is 6.07 Å². The van der Waals surface area contributed by atoms with Crippen molar-refractivity contribution in [1.82, 2.24) is 15.1 Å². The van der Waals surface area contributed by atoms with Crippen LogP contribution >= 0.6 is 11.8 Å². The smallest absolute Gasteiger partial charge is 0.0596 e. The van der Waals surface area contributed by atoms with E-state index in [4.69, 9.17) is 0 Å². The summed E-state index contributed by atoms with van der Waals surface area (Å²) in [5.74, 6) is 1.13. The fraction of sp³-hybridized carbons (Fsp3) is 0.786. The van der Waals surface area contributed by atoms with E-state index in [1.54, 1.807) is 0 Å². The van der Waals surface area contributed by atoms with Crippen molar-refractivity contribution in [2.24, 2.45) is 0 Å². The van der Waals surface area contributed by atoms with Crippen molar-refractivity contribution in [1.29, 1.82) is 0 Å². The third-order valence-corrected chi connectivity index (χ3v) is 4.30. The maximum Gasteiger partial charge on any atom is 0.0596 e. The number of nitrogens with one attached hydrogen (secondary N) is 1. The minimum Gasteiger partial charge on any atom is -0.316 e. The van der Waals surface area contributed by atoms with E-state index in [0.29, 0.717) is 10.8 Å². The zero-order valence-electron chi connectivity index (χ0n) is 12.6. The van der Waals surface area contributed by atoms with Crippen LogP contribution in [0.4, 0.5) is 0 Å². The number of hydrogen-bond acceptors (Lipinski definition) is 3. The minimum atomic E-state index is 0.329. The molecule has 1 N–H and O–H groups in total. The topological polar surface area (TPSA) is 29.9 Å². The van der Waals surface area contributed by atoms with Crippen molar-refractivity contribution >= 4 is 11.8 Å². The number of aryl methyl sites for hydroxylation is 2. The third-order valence-electron chi connectivity index (χ3n) is 2.87. The molecule has 0 fully saturated rings. The van der Waals surface area contributed by atoms with Gasteiger partial charge in [-0.15, -0.1) is 0 Å². The van der Waals surface area contributed by atoms with Crippen LogP contribution in [-0.2, 0) is 13.0 Å². The van der Waals surface area contributed by atoms with Crippen LogP contribution in [0.1, 0.15) is 39.1 Å². The first kappa shape index (κ1) is 15.6. The van der Waals surface area contributed by atoms with Crippen LogP contribution in [-0.4, -0.2) is 33.4 Å². The normalized spacial score (nSPS) is 13.9. The zero-order valence-corrected chi connectivity index (χ0v) is 13.4. The Morgan fingerprint density at radius 3 is 2.61 bits per heavy atom. The van der Waals surface area contributed by atoms with Crippen LogP contribution in [0.25, 0.3) is 0 Å². The van der Waals surface area contributed by atoms with Gasteiger partial charge in [0, 0.05) is 35.2 Å². The van der Waals surface area contributed by atoms with Crippen molar-refractivity contribution in [3.8, 4) is 0 Å². The molecule has 1 unspecified atom stereocenters. The molecule has 1 heterocycles. The Hall–Kier alpha value is -0.480. The maximum atomic E-state index is 4.51. The first-order valence-corrected chi connectivity index (χ1v) is 7.69.